The van der Waals surface area contributed by atoms with E-state index >= 15 is 0 Å². The summed E-state index contributed by atoms with van der Waals surface area (Å²) in [6, 6.07) is 15.2. The summed E-state index contributed by atoms with van der Waals surface area (Å²) in [6.45, 7) is 5.80. The van der Waals surface area contributed by atoms with Gasteiger partial charge in [-0.2, -0.15) is 0 Å². The predicted octanol–water partition coefficient (Wildman–Crippen LogP) is 6.09. The Kier molecular flexibility index (Phi) is 7.36. The number of methoxy groups -OCH3 is 1. The Bertz CT molecular complexity index is 1870. The molecule has 0 amide bonds. The van der Waals surface area contributed by atoms with Gasteiger partial charge in [0.1, 0.15) is 5.82 Å². The summed E-state index contributed by atoms with van der Waals surface area (Å²) in [5.41, 5.74) is 4.51. The number of piperidine rings is 1. The molecule has 6 rings (SSSR count). The summed E-state index contributed by atoms with van der Waals surface area (Å²) in [4.78, 5) is 7.22. The molecule has 0 saturated carbocycles. The van der Waals surface area contributed by atoms with Gasteiger partial charge >= 0.3 is 0 Å². The zero-order chi connectivity index (χ0) is 29.6. The van der Waals surface area contributed by atoms with Crippen molar-refractivity contribution in [3.63, 3.8) is 0 Å². The van der Waals surface area contributed by atoms with Gasteiger partial charge in [0.05, 0.1) is 23.6 Å². The highest BCUT2D eigenvalue weighted by atomic mass is 32.2. The Morgan fingerprint density at radius 1 is 1.05 bits per heavy atom. The van der Waals surface area contributed by atoms with Crippen molar-refractivity contribution in [3.8, 4) is 28.1 Å². The number of hydrogen-bond acceptors (Lipinski definition) is 6. The minimum Gasteiger partial charge on any atom is -0.479 e. The number of nitrogens with zero attached hydrogens (tertiary/aromatic N) is 5. The Balaban J connectivity index is 1.58. The molecule has 0 unspecified atom stereocenters. The fraction of sp³-hybridized carbons (Fsp3) is 0.312. The van der Waals surface area contributed by atoms with Crippen molar-refractivity contribution in [3.05, 3.63) is 84.1 Å². The van der Waals surface area contributed by atoms with Crippen LogP contribution < -0.4 is 4.74 Å². The first-order valence-electron chi connectivity index (χ1n) is 14.1. The molecule has 1 fully saturated rings. The third-order valence-electron chi connectivity index (χ3n) is 8.13. The summed E-state index contributed by atoms with van der Waals surface area (Å²) in [5.74, 6) is 0.0758. The van der Waals surface area contributed by atoms with Gasteiger partial charge in [0.25, 0.3) is 10.0 Å². The van der Waals surface area contributed by atoms with Crippen molar-refractivity contribution < 1.29 is 17.5 Å². The number of benzene rings is 2. The van der Waals surface area contributed by atoms with Crippen LogP contribution in [0.2, 0.25) is 0 Å². The van der Waals surface area contributed by atoms with Gasteiger partial charge in [-0.25, -0.2) is 21.8 Å². The zero-order valence-corrected chi connectivity index (χ0v) is 25.0. The van der Waals surface area contributed by atoms with Crippen molar-refractivity contribution in [1.29, 1.82) is 0 Å². The SMILES string of the molecule is CCc1c(-c2cccc(F)c2)c2cc(-c3cn(C4CCN(C)CC4)nc3OC)cnc2n1S(=O)(=O)c1ccc(C)cc1. The molecule has 0 aliphatic carbocycles. The van der Waals surface area contributed by atoms with E-state index in [1.807, 2.05) is 30.8 Å². The van der Waals surface area contributed by atoms with Crippen molar-refractivity contribution >= 4 is 21.1 Å². The highest BCUT2D eigenvalue weighted by Gasteiger charge is 2.29. The standard InChI is InChI=1S/C32H34FN5O3S/c1-5-29-30(22-7-6-8-24(33)17-22)27-18-23(28-20-37(35-32(28)41-4)25-13-15-36(3)16-14-25)19-34-31(27)38(29)42(39,40)26-11-9-21(2)10-12-26/h6-12,17-20,25H,5,13-16H2,1-4H3. The molecule has 0 N–H and O–H groups in total. The molecule has 0 spiro atoms. The van der Waals surface area contributed by atoms with Crippen LogP contribution in [0.4, 0.5) is 4.39 Å². The molecule has 5 aromatic rings. The lowest BCUT2D eigenvalue weighted by molar-refractivity contribution is 0.210. The first kappa shape index (κ1) is 28.1. The Morgan fingerprint density at radius 3 is 2.45 bits per heavy atom. The van der Waals surface area contributed by atoms with E-state index in [0.29, 0.717) is 34.5 Å². The number of hydrogen-bond donors (Lipinski definition) is 0. The molecule has 8 nitrogen and oxygen atoms in total. The fourth-order valence-corrected chi connectivity index (χ4v) is 7.44. The molecule has 2 aromatic carbocycles. The van der Waals surface area contributed by atoms with Crippen molar-refractivity contribution in [2.24, 2.45) is 0 Å². The Hall–Kier alpha value is -4.02. The molecule has 1 aliphatic rings. The van der Waals surface area contributed by atoms with Crippen LogP contribution in [-0.4, -0.2) is 59.3 Å². The molecule has 1 aliphatic heterocycles. The number of ether oxygens (including phenoxy) is 1. The van der Waals surface area contributed by atoms with E-state index in [0.717, 1.165) is 42.6 Å². The topological polar surface area (TPSA) is 82.2 Å². The molecular weight excluding hydrogens is 553 g/mol. The number of halogens is 1. The van der Waals surface area contributed by atoms with Gasteiger partial charge in [-0.15, -0.1) is 5.10 Å². The molecule has 0 bridgehead atoms. The van der Waals surface area contributed by atoms with E-state index in [1.54, 1.807) is 49.7 Å². The van der Waals surface area contributed by atoms with E-state index in [2.05, 4.69) is 11.9 Å². The van der Waals surface area contributed by atoms with E-state index < -0.39 is 15.8 Å². The van der Waals surface area contributed by atoms with Gasteiger partial charge in [0.15, 0.2) is 5.65 Å². The number of fused-ring (bicyclic) bond motifs is 1. The summed E-state index contributed by atoms with van der Waals surface area (Å²) < 4.78 is 51.7. The van der Waals surface area contributed by atoms with Gasteiger partial charge < -0.3 is 9.64 Å². The summed E-state index contributed by atoms with van der Waals surface area (Å²) in [7, 11) is -0.297. The molecule has 10 heteroatoms. The average Bonchev–Trinajstić information content (AvgIpc) is 3.57. The van der Waals surface area contributed by atoms with Crippen LogP contribution >= 0.6 is 0 Å². The first-order chi connectivity index (χ1) is 20.2. The minimum atomic E-state index is -4.01. The first-order valence-corrected chi connectivity index (χ1v) is 15.6. The molecule has 42 heavy (non-hydrogen) atoms. The highest BCUT2D eigenvalue weighted by molar-refractivity contribution is 7.90. The molecule has 0 atom stereocenters. The van der Waals surface area contributed by atoms with E-state index in [-0.39, 0.29) is 16.6 Å². The molecule has 218 valence electrons. The van der Waals surface area contributed by atoms with Crippen molar-refractivity contribution in [1.82, 2.24) is 23.6 Å². The average molecular weight is 588 g/mol. The second kappa shape index (κ2) is 11.0. The van der Waals surface area contributed by atoms with Crippen LogP contribution in [0, 0.1) is 12.7 Å². The third kappa shape index (κ3) is 4.88. The fourth-order valence-electron chi connectivity index (χ4n) is 5.87. The van der Waals surface area contributed by atoms with E-state index in [4.69, 9.17) is 14.8 Å². The van der Waals surface area contributed by atoms with Crippen LogP contribution in [-0.2, 0) is 16.4 Å². The summed E-state index contributed by atoms with van der Waals surface area (Å²) >= 11 is 0. The normalized spacial score (nSPS) is 15.0. The quantitative estimate of drug-likeness (QED) is 0.229. The lowest BCUT2D eigenvalue weighted by atomic mass is 10.00. The van der Waals surface area contributed by atoms with Gasteiger partial charge in [-0.3, -0.25) is 4.68 Å². The minimum absolute atomic E-state index is 0.164. The number of aromatic nitrogens is 4. The maximum Gasteiger partial charge on any atom is 0.269 e. The third-order valence-corrected chi connectivity index (χ3v) is 9.88. The van der Waals surface area contributed by atoms with Crippen LogP contribution in [0.3, 0.4) is 0 Å². The number of pyridine rings is 1. The largest absolute Gasteiger partial charge is 0.479 e. The van der Waals surface area contributed by atoms with Crippen LogP contribution in [0.1, 0.15) is 37.1 Å². The lowest BCUT2D eigenvalue weighted by Crippen LogP contribution is -2.31. The van der Waals surface area contributed by atoms with Gasteiger partial charge in [-0.05, 0) is 82.2 Å². The zero-order valence-electron chi connectivity index (χ0n) is 24.2. The molecular formula is C32H34FN5O3S. The van der Waals surface area contributed by atoms with Crippen molar-refractivity contribution in [2.45, 2.75) is 44.0 Å². The molecule has 1 saturated heterocycles. The van der Waals surface area contributed by atoms with Crippen LogP contribution in [0.25, 0.3) is 33.3 Å². The summed E-state index contributed by atoms with van der Waals surface area (Å²) in [5, 5.41) is 5.36. The summed E-state index contributed by atoms with van der Waals surface area (Å²) in [6.07, 6.45) is 6.01. The van der Waals surface area contributed by atoms with Crippen LogP contribution in [0.5, 0.6) is 5.88 Å². The Labute approximate surface area is 245 Å². The molecule has 0 radical (unpaired) electrons. The van der Waals surface area contributed by atoms with Gasteiger partial charge in [-0.1, -0.05) is 36.8 Å². The highest BCUT2D eigenvalue weighted by Crippen LogP contribution is 2.40. The van der Waals surface area contributed by atoms with E-state index in [1.165, 1.54) is 16.1 Å². The maximum atomic E-state index is 14.5. The lowest BCUT2D eigenvalue weighted by Gasteiger charge is -2.28. The second-order valence-electron chi connectivity index (χ2n) is 10.9. The Morgan fingerprint density at radius 2 is 1.79 bits per heavy atom. The number of rotatable bonds is 7. The van der Waals surface area contributed by atoms with Crippen molar-refractivity contribution in [2.75, 3.05) is 27.2 Å². The van der Waals surface area contributed by atoms with Gasteiger partial charge in [0.2, 0.25) is 5.88 Å². The molecule has 3 aromatic heterocycles. The number of aryl methyl sites for hydroxylation is 1. The van der Waals surface area contributed by atoms with Crippen LogP contribution in [0.15, 0.2) is 71.9 Å². The second-order valence-corrected chi connectivity index (χ2v) is 12.7. The number of likely N-dealkylation sites (tertiary alicyclic amines) is 1. The van der Waals surface area contributed by atoms with E-state index in [9.17, 15) is 12.8 Å². The monoisotopic (exact) mass is 587 g/mol. The predicted molar refractivity (Wildman–Crippen MR) is 162 cm³/mol. The van der Waals surface area contributed by atoms with Gasteiger partial charge in [0, 0.05) is 34.6 Å². The molecule has 4 heterocycles. The maximum absolute atomic E-state index is 14.5. The smallest absolute Gasteiger partial charge is 0.269 e.